The van der Waals surface area contributed by atoms with Crippen LogP contribution in [0.4, 0.5) is 0 Å². The molecule has 0 atom stereocenters. The molecule has 3 aromatic rings. The van der Waals surface area contributed by atoms with Crippen molar-refractivity contribution in [2.24, 2.45) is 0 Å². The molecule has 0 saturated carbocycles. The Morgan fingerprint density at radius 2 is 1.81 bits per heavy atom. The first-order valence-electron chi connectivity index (χ1n) is 10.7. The number of aromatic nitrogens is 1. The topological polar surface area (TPSA) is 79.1 Å². The molecule has 4 rings (SSSR count). The fourth-order valence-corrected chi connectivity index (χ4v) is 3.97. The highest BCUT2D eigenvalue weighted by molar-refractivity contribution is 7.80. The first-order valence-corrected chi connectivity index (χ1v) is 11.1. The summed E-state index contributed by atoms with van der Waals surface area (Å²) in [4.78, 5) is 12.0. The predicted octanol–water partition coefficient (Wildman–Crippen LogP) is 4.50. The van der Waals surface area contributed by atoms with Gasteiger partial charge in [-0.05, 0) is 61.5 Å². The summed E-state index contributed by atoms with van der Waals surface area (Å²) in [6, 6.07) is 17.5. The molecule has 2 N–H and O–H groups in total. The number of nitrogens with zero attached hydrogens (tertiary/aromatic N) is 2. The lowest BCUT2D eigenvalue weighted by molar-refractivity contribution is -0.115. The lowest BCUT2D eigenvalue weighted by Gasteiger charge is -2.07. The van der Waals surface area contributed by atoms with Crippen LogP contribution in [0.3, 0.4) is 0 Å². The number of fused-ring (bicyclic) bond motifs is 1. The van der Waals surface area contributed by atoms with E-state index in [4.69, 9.17) is 22.2 Å². The van der Waals surface area contributed by atoms with Crippen LogP contribution in [0.5, 0.6) is 5.75 Å². The average Bonchev–Trinajstić information content (AvgIpc) is 3.32. The van der Waals surface area contributed by atoms with E-state index in [9.17, 15) is 4.79 Å². The smallest absolute Gasteiger partial charge is 0.273 e. The summed E-state index contributed by atoms with van der Waals surface area (Å²) in [7, 11) is 0. The summed E-state index contributed by atoms with van der Waals surface area (Å²) >= 11 is 5.02. The number of benzene rings is 2. The third kappa shape index (κ3) is 5.16. The Morgan fingerprint density at radius 1 is 1.03 bits per heavy atom. The third-order valence-corrected chi connectivity index (χ3v) is 5.59. The van der Waals surface area contributed by atoms with Crippen LogP contribution >= 0.6 is 12.2 Å². The number of nitrogens with one attached hydrogen (secondary N) is 2. The monoisotopic (exact) mass is 444 g/mol. The van der Waals surface area contributed by atoms with Crippen molar-refractivity contribution in [1.29, 1.82) is 5.26 Å². The molecule has 0 aliphatic carbocycles. The van der Waals surface area contributed by atoms with Crippen molar-refractivity contribution in [3.63, 3.8) is 0 Å². The maximum absolute atomic E-state index is 12.0. The molecule has 7 heteroatoms. The molecule has 2 heterocycles. The summed E-state index contributed by atoms with van der Waals surface area (Å²) in [6.45, 7) is 1.59. The molecule has 1 aromatic heterocycles. The van der Waals surface area contributed by atoms with Gasteiger partial charge < -0.3 is 14.6 Å². The van der Waals surface area contributed by atoms with Crippen LogP contribution in [0, 0.1) is 11.3 Å². The van der Waals surface area contributed by atoms with E-state index in [0.717, 1.165) is 54.4 Å². The fraction of sp³-hybridized carbons (Fsp3) is 0.240. The minimum Gasteiger partial charge on any atom is -0.494 e. The molecular weight excluding hydrogens is 420 g/mol. The molecule has 6 nitrogen and oxygen atoms in total. The number of carbonyl (C=O) groups excluding carboxylic acids is 1. The minimum atomic E-state index is -0.199. The second kappa shape index (κ2) is 10.1. The van der Waals surface area contributed by atoms with E-state index in [-0.39, 0.29) is 5.91 Å². The van der Waals surface area contributed by atoms with Gasteiger partial charge in [-0.3, -0.25) is 10.1 Å². The minimum absolute atomic E-state index is 0.199. The number of hydrogen-bond donors (Lipinski definition) is 2. The molecular formula is C25H24N4O2S. The molecule has 1 fully saturated rings. The Labute approximate surface area is 192 Å². The van der Waals surface area contributed by atoms with Crippen LogP contribution in [0.1, 0.15) is 36.8 Å². The number of hydrogen-bond acceptors (Lipinski definition) is 4. The van der Waals surface area contributed by atoms with Gasteiger partial charge in [-0.25, -0.2) is 0 Å². The van der Waals surface area contributed by atoms with E-state index in [2.05, 4.69) is 39.6 Å². The molecule has 0 bridgehead atoms. The quantitative estimate of drug-likeness (QED) is 0.289. The highest BCUT2D eigenvalue weighted by atomic mass is 32.1. The molecule has 1 amide bonds. The van der Waals surface area contributed by atoms with Gasteiger partial charge >= 0.3 is 0 Å². The maximum Gasteiger partial charge on any atom is 0.273 e. The lowest BCUT2D eigenvalue weighted by Crippen LogP contribution is -2.21. The van der Waals surface area contributed by atoms with E-state index in [0.29, 0.717) is 23.0 Å². The van der Waals surface area contributed by atoms with Crippen molar-refractivity contribution in [3.05, 3.63) is 71.6 Å². The Hall–Kier alpha value is -3.63. The van der Waals surface area contributed by atoms with Crippen molar-refractivity contribution in [2.45, 2.75) is 32.2 Å². The van der Waals surface area contributed by atoms with Gasteiger partial charge in [-0.2, -0.15) is 5.26 Å². The van der Waals surface area contributed by atoms with Crippen LogP contribution in [-0.4, -0.2) is 22.2 Å². The molecule has 1 saturated heterocycles. The Morgan fingerprint density at radius 3 is 2.56 bits per heavy atom. The Bertz CT molecular complexity index is 1200. The van der Waals surface area contributed by atoms with Crippen LogP contribution < -0.4 is 15.4 Å². The van der Waals surface area contributed by atoms with E-state index < -0.39 is 0 Å². The summed E-state index contributed by atoms with van der Waals surface area (Å²) < 4.78 is 7.99. The van der Waals surface area contributed by atoms with Crippen LogP contribution in [0.2, 0.25) is 0 Å². The predicted molar refractivity (Wildman–Crippen MR) is 129 cm³/mol. The Balaban J connectivity index is 1.28. The van der Waals surface area contributed by atoms with Gasteiger partial charge in [0, 0.05) is 29.2 Å². The standard InChI is InChI=1S/C25H24N4O2S/c26-16-18-9-11-20(12-10-18)31-14-6-2-1-5-13-29-17-19(21-7-3-4-8-23(21)29)15-22-24(30)28-25(32)27-22/h3-4,7-12,15,17H,1-2,5-6,13-14H2,(H2,27,28,30,32)/b22-15-. The number of nitriles is 1. The molecule has 2 aromatic carbocycles. The van der Waals surface area contributed by atoms with Crippen molar-refractivity contribution >= 4 is 40.2 Å². The molecule has 32 heavy (non-hydrogen) atoms. The van der Waals surface area contributed by atoms with Crippen LogP contribution in [0.25, 0.3) is 17.0 Å². The van der Waals surface area contributed by atoms with E-state index in [1.54, 1.807) is 12.1 Å². The zero-order valence-electron chi connectivity index (χ0n) is 17.6. The molecule has 1 aliphatic rings. The second-order valence-electron chi connectivity index (χ2n) is 7.66. The SMILES string of the molecule is N#Cc1ccc(OCCCCCCn2cc(/C=C3\NC(=S)NC3=O)c3ccccc32)cc1. The van der Waals surface area contributed by atoms with E-state index >= 15 is 0 Å². The van der Waals surface area contributed by atoms with Crippen molar-refractivity contribution in [2.75, 3.05) is 6.61 Å². The number of unbranched alkanes of at least 4 members (excludes halogenated alkanes) is 3. The van der Waals surface area contributed by atoms with Gasteiger partial charge in [0.1, 0.15) is 11.4 Å². The summed E-state index contributed by atoms with van der Waals surface area (Å²) in [5.41, 5.74) is 3.27. The Kier molecular flexibility index (Phi) is 6.83. The zero-order valence-corrected chi connectivity index (χ0v) is 18.5. The van der Waals surface area contributed by atoms with Gasteiger partial charge in [0.25, 0.3) is 5.91 Å². The number of thiocarbonyl (C=S) groups is 1. The number of amides is 1. The summed E-state index contributed by atoms with van der Waals surface area (Å²) in [5, 5.41) is 15.8. The first kappa shape index (κ1) is 21.6. The summed E-state index contributed by atoms with van der Waals surface area (Å²) in [5.74, 6) is 0.603. The van der Waals surface area contributed by atoms with Gasteiger partial charge in [-0.1, -0.05) is 31.0 Å². The van der Waals surface area contributed by atoms with E-state index in [1.165, 1.54) is 0 Å². The van der Waals surface area contributed by atoms with Gasteiger partial charge in [0.15, 0.2) is 5.11 Å². The second-order valence-corrected chi connectivity index (χ2v) is 8.07. The van der Waals surface area contributed by atoms with Crippen molar-refractivity contribution in [3.8, 4) is 11.8 Å². The van der Waals surface area contributed by atoms with Crippen molar-refractivity contribution in [1.82, 2.24) is 15.2 Å². The zero-order chi connectivity index (χ0) is 22.3. The van der Waals surface area contributed by atoms with Crippen molar-refractivity contribution < 1.29 is 9.53 Å². The van der Waals surface area contributed by atoms with Crippen LogP contribution in [0.15, 0.2) is 60.4 Å². The number of ether oxygens (including phenoxy) is 1. The fourth-order valence-electron chi connectivity index (χ4n) is 3.77. The van der Waals surface area contributed by atoms with Gasteiger partial charge in [0.05, 0.1) is 18.2 Å². The number of carbonyl (C=O) groups is 1. The number of para-hydroxylation sites is 1. The molecule has 0 spiro atoms. The lowest BCUT2D eigenvalue weighted by atomic mass is 10.1. The molecule has 0 unspecified atom stereocenters. The van der Waals surface area contributed by atoms with E-state index in [1.807, 2.05) is 30.3 Å². The molecule has 162 valence electrons. The average molecular weight is 445 g/mol. The molecule has 1 aliphatic heterocycles. The highest BCUT2D eigenvalue weighted by Crippen LogP contribution is 2.24. The third-order valence-electron chi connectivity index (χ3n) is 5.38. The first-order chi connectivity index (χ1) is 15.6. The van der Waals surface area contributed by atoms with Gasteiger partial charge in [0.2, 0.25) is 0 Å². The highest BCUT2D eigenvalue weighted by Gasteiger charge is 2.20. The maximum atomic E-state index is 12.0. The molecule has 0 radical (unpaired) electrons. The number of aryl methyl sites for hydroxylation is 1. The largest absolute Gasteiger partial charge is 0.494 e. The van der Waals surface area contributed by atoms with Crippen LogP contribution in [-0.2, 0) is 11.3 Å². The summed E-state index contributed by atoms with van der Waals surface area (Å²) in [6.07, 6.45) is 8.21. The normalized spacial score (nSPS) is 14.4. The van der Waals surface area contributed by atoms with Gasteiger partial charge in [-0.15, -0.1) is 0 Å². The number of rotatable bonds is 9.